The second-order valence-corrected chi connectivity index (χ2v) is 4.86. The van der Waals surface area contributed by atoms with E-state index in [4.69, 9.17) is 9.15 Å². The van der Waals surface area contributed by atoms with Crippen LogP contribution >= 0.6 is 0 Å². The Balaban J connectivity index is 1.50. The summed E-state index contributed by atoms with van der Waals surface area (Å²) in [7, 11) is 0. The maximum Gasteiger partial charge on any atom is 0.134 e. The van der Waals surface area contributed by atoms with Crippen LogP contribution in [0.25, 0.3) is 11.0 Å². The van der Waals surface area contributed by atoms with Crippen LogP contribution in [0, 0.1) is 0 Å². The number of nitrogens with one attached hydrogen (secondary N) is 1. The Kier molecular flexibility index (Phi) is 3.62. The molecular weight excluding hydrogens is 226 g/mol. The van der Waals surface area contributed by atoms with Gasteiger partial charge in [0.2, 0.25) is 0 Å². The van der Waals surface area contributed by atoms with E-state index in [2.05, 4.69) is 11.4 Å². The molecule has 0 saturated carbocycles. The number of ether oxygens (including phenoxy) is 1. The van der Waals surface area contributed by atoms with Crippen molar-refractivity contribution < 1.29 is 9.15 Å². The fourth-order valence-corrected chi connectivity index (χ4v) is 2.53. The van der Waals surface area contributed by atoms with Gasteiger partial charge in [-0.3, -0.25) is 0 Å². The van der Waals surface area contributed by atoms with Crippen molar-refractivity contribution >= 4 is 11.0 Å². The van der Waals surface area contributed by atoms with E-state index in [1.807, 2.05) is 24.5 Å². The van der Waals surface area contributed by atoms with Gasteiger partial charge < -0.3 is 14.5 Å². The van der Waals surface area contributed by atoms with Gasteiger partial charge in [0, 0.05) is 24.1 Å². The van der Waals surface area contributed by atoms with E-state index in [0.717, 1.165) is 31.7 Å². The van der Waals surface area contributed by atoms with E-state index in [9.17, 15) is 0 Å². The average Bonchev–Trinajstić information content (AvgIpc) is 3.04. The molecule has 0 aliphatic carbocycles. The summed E-state index contributed by atoms with van der Waals surface area (Å²) in [5.41, 5.74) is 2.20. The molecule has 3 rings (SSSR count). The molecule has 1 aromatic heterocycles. The number of benzene rings is 1. The van der Waals surface area contributed by atoms with E-state index < -0.39 is 0 Å². The van der Waals surface area contributed by atoms with Gasteiger partial charge in [0.25, 0.3) is 0 Å². The highest BCUT2D eigenvalue weighted by Gasteiger charge is 2.14. The Morgan fingerprint density at radius 2 is 2.22 bits per heavy atom. The van der Waals surface area contributed by atoms with Crippen molar-refractivity contribution in [1.29, 1.82) is 0 Å². The van der Waals surface area contributed by atoms with E-state index in [-0.39, 0.29) is 0 Å². The molecule has 1 aliphatic heterocycles. The maximum atomic E-state index is 5.60. The van der Waals surface area contributed by atoms with Gasteiger partial charge in [-0.15, -0.1) is 0 Å². The summed E-state index contributed by atoms with van der Waals surface area (Å²) < 4.78 is 11.1. The predicted molar refractivity (Wildman–Crippen MR) is 71.5 cm³/mol. The van der Waals surface area contributed by atoms with Gasteiger partial charge >= 0.3 is 0 Å². The SMILES string of the molecule is c1ccc2c(CNCCC3CCCO3)coc2c1. The van der Waals surface area contributed by atoms with Crippen molar-refractivity contribution in [2.45, 2.75) is 31.9 Å². The summed E-state index contributed by atoms with van der Waals surface area (Å²) >= 11 is 0. The molecule has 1 atom stereocenters. The maximum absolute atomic E-state index is 5.60. The quantitative estimate of drug-likeness (QED) is 0.822. The van der Waals surface area contributed by atoms with Crippen LogP contribution in [0.15, 0.2) is 34.9 Å². The summed E-state index contributed by atoms with van der Waals surface area (Å²) in [5, 5.41) is 4.68. The lowest BCUT2D eigenvalue weighted by molar-refractivity contribution is 0.104. The van der Waals surface area contributed by atoms with E-state index in [1.54, 1.807) is 0 Å². The molecule has 18 heavy (non-hydrogen) atoms. The van der Waals surface area contributed by atoms with Gasteiger partial charge in [0.05, 0.1) is 12.4 Å². The second-order valence-electron chi connectivity index (χ2n) is 4.86. The molecule has 1 saturated heterocycles. The van der Waals surface area contributed by atoms with Crippen molar-refractivity contribution in [3.05, 3.63) is 36.1 Å². The minimum absolute atomic E-state index is 0.471. The summed E-state index contributed by atoms with van der Waals surface area (Å²) in [4.78, 5) is 0. The van der Waals surface area contributed by atoms with Crippen molar-refractivity contribution in [3.63, 3.8) is 0 Å². The van der Waals surface area contributed by atoms with Gasteiger partial charge in [0.1, 0.15) is 5.58 Å². The topological polar surface area (TPSA) is 34.4 Å². The van der Waals surface area contributed by atoms with Gasteiger partial charge in [-0.25, -0.2) is 0 Å². The molecule has 2 aromatic rings. The number of hydrogen-bond acceptors (Lipinski definition) is 3. The zero-order valence-corrected chi connectivity index (χ0v) is 10.5. The van der Waals surface area contributed by atoms with E-state index in [0.29, 0.717) is 6.10 Å². The van der Waals surface area contributed by atoms with E-state index >= 15 is 0 Å². The minimum Gasteiger partial charge on any atom is -0.464 e. The van der Waals surface area contributed by atoms with Crippen molar-refractivity contribution in [2.24, 2.45) is 0 Å². The number of fused-ring (bicyclic) bond motifs is 1. The third-order valence-electron chi connectivity index (χ3n) is 3.54. The molecule has 0 radical (unpaired) electrons. The normalized spacial score (nSPS) is 19.7. The standard InChI is InChI=1S/C15H19NO2/c1-2-6-15-14(5-1)12(11-18-15)10-16-8-7-13-4-3-9-17-13/h1-2,5-6,11,13,16H,3-4,7-10H2. The lowest BCUT2D eigenvalue weighted by Gasteiger charge is -2.09. The Hall–Kier alpha value is -1.32. The van der Waals surface area contributed by atoms with Crippen molar-refractivity contribution in [1.82, 2.24) is 5.32 Å². The Labute approximate surface area is 107 Å². The van der Waals surface area contributed by atoms with E-state index in [1.165, 1.54) is 23.8 Å². The molecule has 0 amide bonds. The van der Waals surface area contributed by atoms with Crippen molar-refractivity contribution in [2.75, 3.05) is 13.2 Å². The smallest absolute Gasteiger partial charge is 0.134 e. The fourth-order valence-electron chi connectivity index (χ4n) is 2.53. The monoisotopic (exact) mass is 245 g/mol. The Bertz CT molecular complexity index is 500. The molecule has 1 unspecified atom stereocenters. The molecule has 0 bridgehead atoms. The third-order valence-corrected chi connectivity index (χ3v) is 3.54. The molecule has 1 aromatic carbocycles. The zero-order chi connectivity index (χ0) is 12.2. The number of hydrogen-bond donors (Lipinski definition) is 1. The lowest BCUT2D eigenvalue weighted by Crippen LogP contribution is -2.19. The lowest BCUT2D eigenvalue weighted by atomic mass is 10.1. The van der Waals surface area contributed by atoms with Gasteiger partial charge in [-0.1, -0.05) is 18.2 Å². The Morgan fingerprint density at radius 3 is 3.11 bits per heavy atom. The first kappa shape index (κ1) is 11.8. The van der Waals surface area contributed by atoms with Gasteiger partial charge in [0.15, 0.2) is 0 Å². The van der Waals surface area contributed by atoms with Crippen LogP contribution < -0.4 is 5.32 Å². The molecule has 3 heteroatoms. The summed E-state index contributed by atoms with van der Waals surface area (Å²) in [6.07, 6.45) is 5.87. The molecule has 2 heterocycles. The fraction of sp³-hybridized carbons (Fsp3) is 0.467. The van der Waals surface area contributed by atoms with Crippen molar-refractivity contribution in [3.8, 4) is 0 Å². The first-order valence-corrected chi connectivity index (χ1v) is 6.71. The molecule has 96 valence electrons. The van der Waals surface area contributed by atoms with Gasteiger partial charge in [-0.2, -0.15) is 0 Å². The third kappa shape index (κ3) is 2.57. The zero-order valence-electron chi connectivity index (χ0n) is 10.5. The number of rotatable bonds is 5. The highest BCUT2D eigenvalue weighted by Crippen LogP contribution is 2.20. The van der Waals surface area contributed by atoms with Gasteiger partial charge in [-0.05, 0) is 31.9 Å². The van der Waals surface area contributed by atoms with Crippen LogP contribution in [-0.4, -0.2) is 19.3 Å². The summed E-state index contributed by atoms with van der Waals surface area (Å²) in [6, 6.07) is 8.16. The Morgan fingerprint density at radius 1 is 1.28 bits per heavy atom. The predicted octanol–water partition coefficient (Wildman–Crippen LogP) is 3.09. The van der Waals surface area contributed by atoms with Crippen LogP contribution in [0.3, 0.4) is 0 Å². The van der Waals surface area contributed by atoms with Crippen LogP contribution in [0.2, 0.25) is 0 Å². The number of furan rings is 1. The second kappa shape index (κ2) is 5.55. The first-order chi connectivity index (χ1) is 8.93. The summed E-state index contributed by atoms with van der Waals surface area (Å²) in [5.74, 6) is 0. The molecule has 1 aliphatic rings. The van der Waals surface area contributed by atoms with Crippen LogP contribution in [0.1, 0.15) is 24.8 Å². The molecule has 1 N–H and O–H groups in total. The highest BCUT2D eigenvalue weighted by atomic mass is 16.5. The summed E-state index contributed by atoms with van der Waals surface area (Å²) in [6.45, 7) is 2.81. The molecule has 1 fully saturated rings. The number of para-hydroxylation sites is 1. The highest BCUT2D eigenvalue weighted by molar-refractivity contribution is 5.80. The first-order valence-electron chi connectivity index (χ1n) is 6.71. The van der Waals surface area contributed by atoms with Crippen LogP contribution in [0.5, 0.6) is 0 Å². The van der Waals surface area contributed by atoms with Crippen LogP contribution in [0.4, 0.5) is 0 Å². The average molecular weight is 245 g/mol. The van der Waals surface area contributed by atoms with Crippen LogP contribution in [-0.2, 0) is 11.3 Å². The molecule has 3 nitrogen and oxygen atoms in total. The largest absolute Gasteiger partial charge is 0.464 e. The minimum atomic E-state index is 0.471. The molecule has 0 spiro atoms. The molecular formula is C15H19NO2.